The lowest BCUT2D eigenvalue weighted by Gasteiger charge is -2.29. The Morgan fingerprint density at radius 1 is 1.35 bits per heavy atom. The molecule has 6 heteroatoms. The largest absolute Gasteiger partial charge is 0.396 e. The predicted molar refractivity (Wildman–Crippen MR) is 81.7 cm³/mol. The second-order valence-electron chi connectivity index (χ2n) is 5.69. The van der Waals surface area contributed by atoms with Crippen molar-refractivity contribution in [1.29, 1.82) is 0 Å². The first-order valence-corrected chi connectivity index (χ1v) is 8.47. The quantitative estimate of drug-likeness (QED) is 0.698. The molecule has 5 nitrogen and oxygen atoms in total. The van der Waals surface area contributed by atoms with Crippen LogP contribution in [-0.4, -0.2) is 41.2 Å². The summed E-state index contributed by atoms with van der Waals surface area (Å²) in [7, 11) is 0. The van der Waals surface area contributed by atoms with Crippen molar-refractivity contribution in [2.24, 2.45) is 11.8 Å². The van der Waals surface area contributed by atoms with Crippen LogP contribution < -0.4 is 10.6 Å². The number of hydrogen-bond donors (Lipinski definition) is 3. The Balaban J connectivity index is 2.19. The van der Waals surface area contributed by atoms with E-state index in [9.17, 15) is 9.59 Å². The molecule has 3 N–H and O–H groups in total. The van der Waals surface area contributed by atoms with Gasteiger partial charge < -0.3 is 10.4 Å². The Hall–Kier alpha value is -0.750. The van der Waals surface area contributed by atoms with Gasteiger partial charge in [-0.3, -0.25) is 10.1 Å². The molecule has 1 fully saturated rings. The van der Waals surface area contributed by atoms with Crippen LogP contribution in [0.2, 0.25) is 0 Å². The molecule has 1 saturated carbocycles. The van der Waals surface area contributed by atoms with Gasteiger partial charge in [0.1, 0.15) is 0 Å². The van der Waals surface area contributed by atoms with E-state index in [1.165, 1.54) is 18.2 Å². The van der Waals surface area contributed by atoms with Crippen LogP contribution in [-0.2, 0) is 4.79 Å². The maximum atomic E-state index is 11.7. The Labute approximate surface area is 125 Å². The van der Waals surface area contributed by atoms with Gasteiger partial charge in [-0.05, 0) is 30.4 Å². The van der Waals surface area contributed by atoms with Gasteiger partial charge in [0.25, 0.3) is 0 Å². The molecule has 20 heavy (non-hydrogen) atoms. The Kier molecular flexibility index (Phi) is 7.99. The number of imide groups is 1. The van der Waals surface area contributed by atoms with Crippen molar-refractivity contribution in [3.63, 3.8) is 0 Å². The number of urea groups is 1. The fourth-order valence-corrected chi connectivity index (χ4v) is 3.19. The zero-order valence-corrected chi connectivity index (χ0v) is 13.2. The number of carbonyl (C=O) groups is 2. The van der Waals surface area contributed by atoms with Crippen LogP contribution in [0.5, 0.6) is 0 Å². The molecule has 116 valence electrons. The molecule has 0 radical (unpaired) electrons. The number of hydrogen-bond acceptors (Lipinski definition) is 4. The van der Waals surface area contributed by atoms with E-state index in [0.29, 0.717) is 11.7 Å². The Morgan fingerprint density at radius 3 is 2.70 bits per heavy atom. The number of aliphatic hydroxyl groups excluding tert-OH is 1. The third kappa shape index (κ3) is 6.61. The molecule has 0 saturated heterocycles. The Bertz CT molecular complexity index is 326. The maximum Gasteiger partial charge on any atom is 0.321 e. The van der Waals surface area contributed by atoms with Gasteiger partial charge in [-0.2, -0.15) is 11.8 Å². The molecule has 1 rings (SSSR count). The van der Waals surface area contributed by atoms with E-state index in [-0.39, 0.29) is 36.3 Å². The fourth-order valence-electron chi connectivity index (χ4n) is 2.30. The molecule has 0 heterocycles. The summed E-state index contributed by atoms with van der Waals surface area (Å²) in [4.78, 5) is 23.3. The molecule has 0 aromatic heterocycles. The molecule has 0 unspecified atom stereocenters. The molecule has 1 aliphatic rings. The van der Waals surface area contributed by atoms with Crippen molar-refractivity contribution in [3.05, 3.63) is 0 Å². The molecule has 1 aliphatic carbocycles. The summed E-state index contributed by atoms with van der Waals surface area (Å²) >= 11 is 1.43. The molecule has 3 atom stereocenters. The minimum atomic E-state index is -0.385. The van der Waals surface area contributed by atoms with Crippen LogP contribution in [0.4, 0.5) is 4.79 Å². The van der Waals surface area contributed by atoms with E-state index in [2.05, 4.69) is 17.6 Å². The average Bonchev–Trinajstić information content (AvgIpc) is 2.41. The molecule has 0 aromatic rings. The molecular formula is C14H26N2O3S. The van der Waals surface area contributed by atoms with Crippen molar-refractivity contribution in [3.8, 4) is 0 Å². The van der Waals surface area contributed by atoms with Crippen LogP contribution in [0.1, 0.15) is 39.5 Å². The van der Waals surface area contributed by atoms with Gasteiger partial charge >= 0.3 is 6.03 Å². The standard InChI is InChI=1S/C14H26N2O3S/c1-10(7-17)8-20-9-13(18)16-14(19)15-12-6-4-3-5-11(12)2/h10-12,17H,3-9H2,1-2H3,(H2,15,16,18,19)/t10-,11+,12+/m1/s1. The summed E-state index contributed by atoms with van der Waals surface area (Å²) < 4.78 is 0. The van der Waals surface area contributed by atoms with Crippen molar-refractivity contribution in [2.75, 3.05) is 18.1 Å². The van der Waals surface area contributed by atoms with Crippen LogP contribution >= 0.6 is 11.8 Å². The highest BCUT2D eigenvalue weighted by Crippen LogP contribution is 2.23. The van der Waals surface area contributed by atoms with Gasteiger partial charge in [-0.1, -0.05) is 26.7 Å². The third-order valence-corrected chi connectivity index (χ3v) is 4.90. The summed E-state index contributed by atoms with van der Waals surface area (Å²) in [5.41, 5.74) is 0. The third-order valence-electron chi connectivity index (χ3n) is 3.63. The van der Waals surface area contributed by atoms with E-state index >= 15 is 0 Å². The SMILES string of the molecule is C[C@H](CO)CSCC(=O)NC(=O)N[C@H]1CCCC[C@@H]1C. The second kappa shape index (κ2) is 9.23. The number of amides is 3. The minimum absolute atomic E-state index is 0.120. The van der Waals surface area contributed by atoms with Crippen LogP contribution in [0.3, 0.4) is 0 Å². The highest BCUT2D eigenvalue weighted by Gasteiger charge is 2.23. The Morgan fingerprint density at radius 2 is 2.05 bits per heavy atom. The van der Waals surface area contributed by atoms with Gasteiger partial charge in [0.15, 0.2) is 0 Å². The van der Waals surface area contributed by atoms with Crippen LogP contribution in [0, 0.1) is 11.8 Å². The van der Waals surface area contributed by atoms with Gasteiger partial charge in [0, 0.05) is 12.6 Å². The van der Waals surface area contributed by atoms with Gasteiger partial charge in [0.05, 0.1) is 5.75 Å². The van der Waals surface area contributed by atoms with Gasteiger partial charge in [0.2, 0.25) is 5.91 Å². The smallest absolute Gasteiger partial charge is 0.321 e. The number of nitrogens with one attached hydrogen (secondary N) is 2. The lowest BCUT2D eigenvalue weighted by molar-refractivity contribution is -0.117. The van der Waals surface area contributed by atoms with Crippen molar-refractivity contribution in [2.45, 2.75) is 45.6 Å². The van der Waals surface area contributed by atoms with E-state index in [1.807, 2.05) is 6.92 Å². The highest BCUT2D eigenvalue weighted by molar-refractivity contribution is 7.99. The fraction of sp³-hybridized carbons (Fsp3) is 0.857. The van der Waals surface area contributed by atoms with Gasteiger partial charge in [-0.25, -0.2) is 4.79 Å². The number of thioether (sulfide) groups is 1. The summed E-state index contributed by atoms with van der Waals surface area (Å²) in [6.07, 6.45) is 4.48. The molecule has 0 aromatic carbocycles. The predicted octanol–water partition coefficient (Wildman–Crippen LogP) is 1.75. The monoisotopic (exact) mass is 302 g/mol. The van der Waals surface area contributed by atoms with Crippen molar-refractivity contribution < 1.29 is 14.7 Å². The molecule has 0 spiro atoms. The zero-order valence-electron chi connectivity index (χ0n) is 12.4. The first-order chi connectivity index (χ1) is 9.52. The summed E-state index contributed by atoms with van der Waals surface area (Å²) in [6, 6.07) is -0.205. The first-order valence-electron chi connectivity index (χ1n) is 7.32. The van der Waals surface area contributed by atoms with Gasteiger partial charge in [-0.15, -0.1) is 0 Å². The summed E-state index contributed by atoms with van der Waals surface area (Å²) in [5.74, 6) is 1.33. The molecule has 0 bridgehead atoms. The number of carbonyl (C=O) groups excluding carboxylic acids is 2. The minimum Gasteiger partial charge on any atom is -0.396 e. The maximum absolute atomic E-state index is 11.7. The normalized spacial score (nSPS) is 23.9. The molecule has 3 amide bonds. The molecule has 0 aliphatic heterocycles. The van der Waals surface area contributed by atoms with E-state index < -0.39 is 0 Å². The van der Waals surface area contributed by atoms with E-state index in [0.717, 1.165) is 19.3 Å². The highest BCUT2D eigenvalue weighted by atomic mass is 32.2. The van der Waals surface area contributed by atoms with E-state index in [4.69, 9.17) is 5.11 Å². The number of aliphatic hydroxyl groups is 1. The lowest BCUT2D eigenvalue weighted by atomic mass is 9.86. The second-order valence-corrected chi connectivity index (χ2v) is 6.72. The van der Waals surface area contributed by atoms with E-state index in [1.54, 1.807) is 0 Å². The van der Waals surface area contributed by atoms with Crippen molar-refractivity contribution >= 4 is 23.7 Å². The summed E-state index contributed by atoms with van der Waals surface area (Å²) in [6.45, 7) is 4.18. The number of rotatable bonds is 6. The van der Waals surface area contributed by atoms with Crippen molar-refractivity contribution in [1.82, 2.24) is 10.6 Å². The first kappa shape index (κ1) is 17.3. The van der Waals surface area contributed by atoms with Crippen LogP contribution in [0.15, 0.2) is 0 Å². The van der Waals surface area contributed by atoms with Crippen LogP contribution in [0.25, 0.3) is 0 Å². The topological polar surface area (TPSA) is 78.4 Å². The zero-order chi connectivity index (χ0) is 15.0. The average molecular weight is 302 g/mol. The lowest BCUT2D eigenvalue weighted by Crippen LogP contribution is -2.48. The summed E-state index contributed by atoms with van der Waals surface area (Å²) in [5, 5.41) is 14.1. The molecular weight excluding hydrogens is 276 g/mol.